The molecule has 0 saturated heterocycles. The van der Waals surface area contributed by atoms with Crippen LogP contribution in [0, 0.1) is 10.1 Å². The maximum atomic E-state index is 11.2. The van der Waals surface area contributed by atoms with Gasteiger partial charge in [-0.3, -0.25) is 10.1 Å². The SMILES string of the molecule is Cn1oc(=O)c2cc([N+](=O)[O-])ccc21. The lowest BCUT2D eigenvalue weighted by atomic mass is 10.2. The van der Waals surface area contributed by atoms with Gasteiger partial charge < -0.3 is 4.52 Å². The average Bonchev–Trinajstić information content (AvgIpc) is 2.42. The lowest BCUT2D eigenvalue weighted by Gasteiger charge is -1.91. The van der Waals surface area contributed by atoms with Crippen LogP contribution in [-0.2, 0) is 7.05 Å². The van der Waals surface area contributed by atoms with Gasteiger partial charge in [0.05, 0.1) is 15.8 Å². The third-order valence-electron chi connectivity index (χ3n) is 1.97. The van der Waals surface area contributed by atoms with Crippen LogP contribution in [-0.4, -0.2) is 9.66 Å². The van der Waals surface area contributed by atoms with Gasteiger partial charge in [-0.05, 0) is 6.07 Å². The minimum Gasteiger partial charge on any atom is -0.336 e. The molecule has 0 atom stereocenters. The molecule has 1 heterocycles. The topological polar surface area (TPSA) is 78.3 Å². The van der Waals surface area contributed by atoms with Gasteiger partial charge >= 0.3 is 5.63 Å². The first-order valence-corrected chi connectivity index (χ1v) is 3.84. The van der Waals surface area contributed by atoms with Gasteiger partial charge in [-0.15, -0.1) is 0 Å². The molecule has 1 aromatic heterocycles. The zero-order valence-electron chi connectivity index (χ0n) is 7.26. The van der Waals surface area contributed by atoms with Crippen LogP contribution in [0.5, 0.6) is 0 Å². The van der Waals surface area contributed by atoms with Crippen LogP contribution < -0.4 is 5.63 Å². The largest absolute Gasteiger partial charge is 0.365 e. The molecule has 0 unspecified atom stereocenters. The highest BCUT2D eigenvalue weighted by Crippen LogP contribution is 2.17. The maximum Gasteiger partial charge on any atom is 0.365 e. The Morgan fingerprint density at radius 1 is 1.50 bits per heavy atom. The van der Waals surface area contributed by atoms with Crippen LogP contribution in [0.15, 0.2) is 27.5 Å². The molecule has 6 heteroatoms. The van der Waals surface area contributed by atoms with Gasteiger partial charge in [0.2, 0.25) is 0 Å². The minimum atomic E-state index is -0.564. The Hall–Kier alpha value is -2.11. The van der Waals surface area contributed by atoms with Gasteiger partial charge in [0, 0.05) is 19.2 Å². The molecule has 0 spiro atoms. The van der Waals surface area contributed by atoms with Crippen LogP contribution in [0.4, 0.5) is 5.69 Å². The fraction of sp³-hybridized carbons (Fsp3) is 0.125. The number of hydrogen-bond donors (Lipinski definition) is 0. The normalized spacial score (nSPS) is 10.6. The molecule has 0 N–H and O–H groups in total. The zero-order valence-corrected chi connectivity index (χ0v) is 7.26. The molecular formula is C8H6N2O4. The highest BCUT2D eigenvalue weighted by Gasteiger charge is 2.12. The Kier molecular flexibility index (Phi) is 1.63. The van der Waals surface area contributed by atoms with Crippen molar-refractivity contribution in [2.75, 3.05) is 0 Å². The first-order chi connectivity index (χ1) is 6.59. The molecule has 0 fully saturated rings. The second kappa shape index (κ2) is 2.69. The number of hydrogen-bond acceptors (Lipinski definition) is 4. The molecule has 72 valence electrons. The molecule has 0 saturated carbocycles. The Bertz CT molecular complexity index is 566. The van der Waals surface area contributed by atoms with E-state index >= 15 is 0 Å². The number of nitrogens with zero attached hydrogens (tertiary/aromatic N) is 2. The van der Waals surface area contributed by atoms with E-state index in [-0.39, 0.29) is 11.1 Å². The molecular weight excluding hydrogens is 188 g/mol. The maximum absolute atomic E-state index is 11.2. The summed E-state index contributed by atoms with van der Waals surface area (Å²) in [6.07, 6.45) is 0. The lowest BCUT2D eigenvalue weighted by molar-refractivity contribution is -0.384. The number of aryl methyl sites for hydroxylation is 1. The third-order valence-corrected chi connectivity index (χ3v) is 1.97. The van der Waals surface area contributed by atoms with Crippen molar-refractivity contribution in [1.82, 2.24) is 4.74 Å². The van der Waals surface area contributed by atoms with Crippen molar-refractivity contribution in [2.24, 2.45) is 7.05 Å². The minimum absolute atomic E-state index is 0.115. The van der Waals surface area contributed by atoms with Crippen LogP contribution in [0.1, 0.15) is 0 Å². The summed E-state index contributed by atoms with van der Waals surface area (Å²) in [5, 5.41) is 10.7. The molecule has 0 aliphatic carbocycles. The van der Waals surface area contributed by atoms with E-state index in [1.165, 1.54) is 22.9 Å². The van der Waals surface area contributed by atoms with Crippen molar-refractivity contribution in [3.63, 3.8) is 0 Å². The van der Waals surface area contributed by atoms with Crippen molar-refractivity contribution in [2.45, 2.75) is 0 Å². The zero-order chi connectivity index (χ0) is 10.3. The predicted molar refractivity (Wildman–Crippen MR) is 48.1 cm³/mol. The van der Waals surface area contributed by atoms with Gasteiger partial charge in [0.25, 0.3) is 5.69 Å². The Morgan fingerprint density at radius 3 is 2.86 bits per heavy atom. The van der Waals surface area contributed by atoms with Crippen LogP contribution in [0.3, 0.4) is 0 Å². The molecule has 14 heavy (non-hydrogen) atoms. The molecule has 0 aliphatic heterocycles. The van der Waals surface area contributed by atoms with Crippen molar-refractivity contribution >= 4 is 16.6 Å². The number of non-ortho nitro benzene ring substituents is 1. The van der Waals surface area contributed by atoms with Crippen LogP contribution in [0.2, 0.25) is 0 Å². The molecule has 1 aromatic carbocycles. The lowest BCUT2D eigenvalue weighted by Crippen LogP contribution is -1.93. The summed E-state index contributed by atoms with van der Waals surface area (Å²) >= 11 is 0. The molecule has 0 radical (unpaired) electrons. The Labute approximate surface area is 77.5 Å². The fourth-order valence-corrected chi connectivity index (χ4v) is 1.30. The molecule has 0 amide bonds. The number of nitro benzene ring substituents is 1. The van der Waals surface area contributed by atoms with E-state index in [1.807, 2.05) is 0 Å². The summed E-state index contributed by atoms with van der Waals surface area (Å²) in [4.78, 5) is 21.0. The molecule has 2 aromatic rings. The van der Waals surface area contributed by atoms with Crippen LogP contribution in [0.25, 0.3) is 10.9 Å². The van der Waals surface area contributed by atoms with Gasteiger partial charge in [-0.25, -0.2) is 9.53 Å². The summed E-state index contributed by atoms with van der Waals surface area (Å²) in [6, 6.07) is 4.02. The van der Waals surface area contributed by atoms with E-state index in [9.17, 15) is 14.9 Å². The quantitative estimate of drug-likeness (QED) is 0.501. The van der Waals surface area contributed by atoms with E-state index in [0.29, 0.717) is 5.52 Å². The standard InChI is InChI=1S/C8H6N2O4/c1-9-7-3-2-5(10(12)13)4-6(7)8(11)14-9/h2-4H,1H3. The number of benzene rings is 1. The summed E-state index contributed by atoms with van der Waals surface area (Å²) in [5.74, 6) is 0. The summed E-state index contributed by atoms with van der Waals surface area (Å²) < 4.78 is 6.02. The summed E-state index contributed by atoms with van der Waals surface area (Å²) in [6.45, 7) is 0. The summed E-state index contributed by atoms with van der Waals surface area (Å²) in [5.41, 5.74) is -0.136. The highest BCUT2D eigenvalue weighted by molar-refractivity contribution is 5.80. The molecule has 0 bridgehead atoms. The number of rotatable bonds is 1. The Balaban J connectivity index is 2.84. The van der Waals surface area contributed by atoms with Gasteiger partial charge in [0.15, 0.2) is 0 Å². The van der Waals surface area contributed by atoms with Crippen molar-refractivity contribution in [3.8, 4) is 0 Å². The van der Waals surface area contributed by atoms with Gasteiger partial charge in [-0.2, -0.15) is 0 Å². The smallest absolute Gasteiger partial charge is 0.336 e. The Morgan fingerprint density at radius 2 is 2.21 bits per heavy atom. The monoisotopic (exact) mass is 194 g/mol. The van der Waals surface area contributed by atoms with E-state index in [1.54, 1.807) is 7.05 Å². The third kappa shape index (κ3) is 1.08. The first-order valence-electron chi connectivity index (χ1n) is 3.84. The van der Waals surface area contributed by atoms with Gasteiger partial charge in [0.1, 0.15) is 0 Å². The fourth-order valence-electron chi connectivity index (χ4n) is 1.30. The van der Waals surface area contributed by atoms with E-state index in [0.717, 1.165) is 0 Å². The average molecular weight is 194 g/mol. The van der Waals surface area contributed by atoms with Crippen LogP contribution >= 0.6 is 0 Å². The molecule has 2 rings (SSSR count). The highest BCUT2D eigenvalue weighted by atomic mass is 16.6. The van der Waals surface area contributed by atoms with E-state index in [2.05, 4.69) is 0 Å². The second-order valence-corrected chi connectivity index (χ2v) is 2.83. The van der Waals surface area contributed by atoms with E-state index in [4.69, 9.17) is 4.52 Å². The number of nitro groups is 1. The second-order valence-electron chi connectivity index (χ2n) is 2.83. The number of aromatic nitrogens is 1. The predicted octanol–water partition coefficient (Wildman–Crippen LogP) is 1.04. The van der Waals surface area contributed by atoms with Gasteiger partial charge in [-0.1, -0.05) is 0 Å². The molecule has 0 aliphatic rings. The number of fused-ring (bicyclic) bond motifs is 1. The van der Waals surface area contributed by atoms with Crippen molar-refractivity contribution < 1.29 is 9.45 Å². The van der Waals surface area contributed by atoms with Crippen molar-refractivity contribution in [3.05, 3.63) is 38.7 Å². The summed E-state index contributed by atoms with van der Waals surface area (Å²) in [7, 11) is 1.57. The first kappa shape index (κ1) is 8.49. The van der Waals surface area contributed by atoms with E-state index < -0.39 is 10.5 Å². The molecule has 6 nitrogen and oxygen atoms in total. The van der Waals surface area contributed by atoms with Crippen molar-refractivity contribution in [1.29, 1.82) is 0 Å².